The second-order valence-corrected chi connectivity index (χ2v) is 5.66. The molecule has 0 aromatic heterocycles. The molecule has 0 heterocycles. The van der Waals surface area contributed by atoms with Crippen LogP contribution in [-0.2, 0) is 13.2 Å². The van der Waals surface area contributed by atoms with Crippen LogP contribution in [0.5, 0.6) is 5.75 Å². The molecule has 0 amide bonds. The van der Waals surface area contributed by atoms with E-state index in [2.05, 4.69) is 65.4 Å². The van der Waals surface area contributed by atoms with Gasteiger partial charge in [0.2, 0.25) is 0 Å². The molecule has 0 aliphatic rings. The molecule has 2 aromatic rings. The van der Waals surface area contributed by atoms with Gasteiger partial charge in [-0.05, 0) is 48.4 Å². The predicted molar refractivity (Wildman–Crippen MR) is 87.0 cm³/mol. The first-order valence-corrected chi connectivity index (χ1v) is 7.66. The molecule has 0 unspecified atom stereocenters. The van der Waals surface area contributed by atoms with Gasteiger partial charge in [0, 0.05) is 11.0 Å². The monoisotopic (exact) mass is 333 g/mol. The highest BCUT2D eigenvalue weighted by molar-refractivity contribution is 9.10. The highest BCUT2D eigenvalue weighted by Crippen LogP contribution is 2.23. The van der Waals surface area contributed by atoms with E-state index in [9.17, 15) is 0 Å². The summed E-state index contributed by atoms with van der Waals surface area (Å²) in [6.07, 6.45) is 0. The highest BCUT2D eigenvalue weighted by atomic mass is 79.9. The van der Waals surface area contributed by atoms with Gasteiger partial charge in [-0.15, -0.1) is 0 Å². The van der Waals surface area contributed by atoms with Gasteiger partial charge in [0.15, 0.2) is 0 Å². The van der Waals surface area contributed by atoms with Crippen molar-refractivity contribution in [3.05, 3.63) is 63.6 Å². The minimum absolute atomic E-state index is 0.601. The van der Waals surface area contributed by atoms with E-state index in [0.717, 1.165) is 28.9 Å². The van der Waals surface area contributed by atoms with E-state index in [1.165, 1.54) is 11.1 Å². The second kappa shape index (κ2) is 7.46. The minimum atomic E-state index is 0.601. The average molecular weight is 334 g/mol. The third kappa shape index (κ3) is 4.09. The zero-order valence-electron chi connectivity index (χ0n) is 11.9. The summed E-state index contributed by atoms with van der Waals surface area (Å²) < 4.78 is 7.03. The lowest BCUT2D eigenvalue weighted by atomic mass is 10.1. The molecule has 0 atom stereocenters. The van der Waals surface area contributed by atoms with Crippen LogP contribution in [-0.4, -0.2) is 6.54 Å². The third-order valence-electron chi connectivity index (χ3n) is 3.20. The van der Waals surface area contributed by atoms with Crippen LogP contribution in [0.15, 0.2) is 46.9 Å². The number of hydrogen-bond acceptors (Lipinski definition) is 2. The Morgan fingerprint density at radius 2 is 1.85 bits per heavy atom. The van der Waals surface area contributed by atoms with Crippen molar-refractivity contribution >= 4 is 15.9 Å². The molecule has 2 aromatic carbocycles. The Balaban J connectivity index is 2.06. The van der Waals surface area contributed by atoms with Crippen LogP contribution in [0, 0.1) is 6.92 Å². The Bertz CT molecular complexity index is 569. The quantitative estimate of drug-likeness (QED) is 0.843. The fourth-order valence-electron chi connectivity index (χ4n) is 2.06. The van der Waals surface area contributed by atoms with E-state index in [0.29, 0.717) is 6.61 Å². The largest absolute Gasteiger partial charge is 0.489 e. The van der Waals surface area contributed by atoms with Crippen molar-refractivity contribution in [2.24, 2.45) is 0 Å². The zero-order valence-corrected chi connectivity index (χ0v) is 13.5. The summed E-state index contributed by atoms with van der Waals surface area (Å²) in [4.78, 5) is 0. The summed E-state index contributed by atoms with van der Waals surface area (Å²) in [6.45, 7) is 6.63. The molecule has 106 valence electrons. The van der Waals surface area contributed by atoms with E-state index in [4.69, 9.17) is 4.74 Å². The smallest absolute Gasteiger partial charge is 0.122 e. The summed E-state index contributed by atoms with van der Waals surface area (Å²) in [5, 5.41) is 3.36. The molecule has 20 heavy (non-hydrogen) atoms. The molecular formula is C17H20BrNO. The Kier molecular flexibility index (Phi) is 5.62. The van der Waals surface area contributed by atoms with Crippen molar-refractivity contribution in [3.63, 3.8) is 0 Å². The fraction of sp³-hybridized carbons (Fsp3) is 0.294. The summed E-state index contributed by atoms with van der Waals surface area (Å²) in [6, 6.07) is 14.5. The maximum absolute atomic E-state index is 5.95. The molecule has 0 radical (unpaired) electrons. The normalized spacial score (nSPS) is 10.6. The van der Waals surface area contributed by atoms with E-state index in [1.54, 1.807) is 0 Å². The molecule has 0 saturated heterocycles. The highest BCUT2D eigenvalue weighted by Gasteiger charge is 2.04. The number of aryl methyl sites for hydroxylation is 1. The van der Waals surface area contributed by atoms with Crippen LogP contribution < -0.4 is 10.1 Å². The molecule has 3 heteroatoms. The summed E-state index contributed by atoms with van der Waals surface area (Å²) in [7, 11) is 0. The lowest BCUT2D eigenvalue weighted by Gasteiger charge is -2.13. The van der Waals surface area contributed by atoms with Gasteiger partial charge < -0.3 is 10.1 Å². The first kappa shape index (κ1) is 15.1. The number of halogens is 1. The van der Waals surface area contributed by atoms with E-state index >= 15 is 0 Å². The van der Waals surface area contributed by atoms with Crippen molar-refractivity contribution in [1.29, 1.82) is 0 Å². The first-order chi connectivity index (χ1) is 9.70. The Hall–Kier alpha value is -1.32. The molecule has 0 aliphatic carbocycles. The van der Waals surface area contributed by atoms with E-state index in [1.807, 2.05) is 12.1 Å². The molecule has 0 spiro atoms. The van der Waals surface area contributed by atoms with Gasteiger partial charge in [0.1, 0.15) is 12.4 Å². The fourth-order valence-corrected chi connectivity index (χ4v) is 2.54. The molecule has 2 nitrogen and oxygen atoms in total. The van der Waals surface area contributed by atoms with Gasteiger partial charge in [-0.25, -0.2) is 0 Å². The minimum Gasteiger partial charge on any atom is -0.489 e. The van der Waals surface area contributed by atoms with Crippen LogP contribution in [0.25, 0.3) is 0 Å². The lowest BCUT2D eigenvalue weighted by molar-refractivity contribution is 0.302. The van der Waals surface area contributed by atoms with Crippen LogP contribution in [0.2, 0.25) is 0 Å². The molecule has 0 fully saturated rings. The van der Waals surface area contributed by atoms with Crippen molar-refractivity contribution in [2.45, 2.75) is 27.0 Å². The van der Waals surface area contributed by atoms with E-state index < -0.39 is 0 Å². The van der Waals surface area contributed by atoms with Crippen molar-refractivity contribution in [1.82, 2.24) is 5.32 Å². The Morgan fingerprint density at radius 1 is 1.10 bits per heavy atom. The molecule has 0 saturated carbocycles. The topological polar surface area (TPSA) is 21.3 Å². The average Bonchev–Trinajstić information content (AvgIpc) is 2.45. The van der Waals surface area contributed by atoms with Crippen LogP contribution in [0.4, 0.5) is 0 Å². The number of nitrogens with one attached hydrogen (secondary N) is 1. The third-order valence-corrected chi connectivity index (χ3v) is 3.70. The molecule has 2 rings (SSSR count). The van der Waals surface area contributed by atoms with Crippen molar-refractivity contribution in [3.8, 4) is 5.75 Å². The van der Waals surface area contributed by atoms with Crippen LogP contribution >= 0.6 is 15.9 Å². The summed E-state index contributed by atoms with van der Waals surface area (Å²) in [5.74, 6) is 0.937. The standard InChI is InChI=1S/C17H20BrNO/c1-3-19-11-14-6-4-5-7-15(14)12-20-17-9-8-16(18)10-13(17)2/h4-10,19H,3,11-12H2,1-2H3. The van der Waals surface area contributed by atoms with Crippen molar-refractivity contribution < 1.29 is 4.74 Å². The van der Waals surface area contributed by atoms with Gasteiger partial charge >= 0.3 is 0 Å². The lowest BCUT2D eigenvalue weighted by Crippen LogP contribution is -2.14. The van der Waals surface area contributed by atoms with Gasteiger partial charge in [-0.3, -0.25) is 0 Å². The molecule has 0 aliphatic heterocycles. The maximum Gasteiger partial charge on any atom is 0.122 e. The number of benzene rings is 2. The number of rotatable bonds is 6. The first-order valence-electron chi connectivity index (χ1n) is 6.87. The Morgan fingerprint density at radius 3 is 2.55 bits per heavy atom. The van der Waals surface area contributed by atoms with E-state index in [-0.39, 0.29) is 0 Å². The summed E-state index contributed by atoms with van der Waals surface area (Å²) >= 11 is 3.47. The maximum atomic E-state index is 5.95. The molecule has 0 bridgehead atoms. The van der Waals surface area contributed by atoms with Gasteiger partial charge in [0.25, 0.3) is 0 Å². The Labute approximate surface area is 129 Å². The van der Waals surface area contributed by atoms with Crippen molar-refractivity contribution in [2.75, 3.05) is 6.54 Å². The number of hydrogen-bond donors (Lipinski definition) is 1. The predicted octanol–water partition coefficient (Wildman–Crippen LogP) is 4.45. The molecule has 1 N–H and O–H groups in total. The second-order valence-electron chi connectivity index (χ2n) is 4.75. The van der Waals surface area contributed by atoms with Crippen LogP contribution in [0.3, 0.4) is 0 Å². The van der Waals surface area contributed by atoms with Gasteiger partial charge in [-0.1, -0.05) is 47.1 Å². The van der Waals surface area contributed by atoms with Gasteiger partial charge in [0.05, 0.1) is 0 Å². The SMILES string of the molecule is CCNCc1ccccc1COc1ccc(Br)cc1C. The van der Waals surface area contributed by atoms with Crippen LogP contribution in [0.1, 0.15) is 23.6 Å². The molecular weight excluding hydrogens is 314 g/mol. The number of ether oxygens (including phenoxy) is 1. The zero-order chi connectivity index (χ0) is 14.4. The van der Waals surface area contributed by atoms with Gasteiger partial charge in [-0.2, -0.15) is 0 Å². The summed E-state index contributed by atoms with van der Waals surface area (Å²) in [5.41, 5.74) is 3.67.